The van der Waals surface area contributed by atoms with Crippen LogP contribution >= 0.6 is 0 Å². The SMILES string of the molecule is c1ccc(-c2cccc(-n3c4cccc5c4c4c6c(cccc6ccc43)-c3ccccc3-5)c2-c2ccc3nn(-c4ccccc4)nc3c2)cc1. The minimum atomic E-state index is 0.853. The van der Waals surface area contributed by atoms with Gasteiger partial charge in [-0.05, 0) is 92.2 Å². The van der Waals surface area contributed by atoms with E-state index in [1.54, 1.807) is 4.80 Å². The molecule has 0 unspecified atom stereocenters. The van der Waals surface area contributed by atoms with Crippen LogP contribution in [0, 0.1) is 0 Å². The molecule has 1 aliphatic rings. The van der Waals surface area contributed by atoms with Crippen LogP contribution in [0.1, 0.15) is 0 Å². The molecule has 1 aliphatic carbocycles. The van der Waals surface area contributed by atoms with Crippen molar-refractivity contribution in [3.05, 3.63) is 170 Å². The number of hydrogen-bond donors (Lipinski definition) is 0. The second-order valence-corrected chi connectivity index (χ2v) is 13.0. The fourth-order valence-electron chi connectivity index (χ4n) is 8.22. The van der Waals surface area contributed by atoms with Crippen LogP contribution in [0.15, 0.2) is 170 Å². The quantitative estimate of drug-likeness (QED) is 0.193. The second-order valence-electron chi connectivity index (χ2n) is 13.0. The van der Waals surface area contributed by atoms with Gasteiger partial charge in [-0.15, -0.1) is 10.2 Å². The first kappa shape index (κ1) is 27.2. The van der Waals surface area contributed by atoms with Gasteiger partial charge in [-0.3, -0.25) is 0 Å². The summed E-state index contributed by atoms with van der Waals surface area (Å²) < 4.78 is 2.49. The molecule has 8 aromatic carbocycles. The van der Waals surface area contributed by atoms with Crippen LogP contribution in [0.2, 0.25) is 0 Å². The lowest BCUT2D eigenvalue weighted by Gasteiger charge is -2.19. The molecule has 11 rings (SSSR count). The maximum atomic E-state index is 4.95. The van der Waals surface area contributed by atoms with Gasteiger partial charge in [0.2, 0.25) is 0 Å². The van der Waals surface area contributed by atoms with Gasteiger partial charge in [-0.2, -0.15) is 4.80 Å². The molecule has 0 saturated heterocycles. The molecule has 4 heteroatoms. The fourth-order valence-corrected chi connectivity index (χ4v) is 8.22. The van der Waals surface area contributed by atoms with Crippen LogP contribution in [-0.2, 0) is 0 Å². The number of rotatable bonds is 4. The third kappa shape index (κ3) is 3.81. The molecule has 0 amide bonds. The van der Waals surface area contributed by atoms with Gasteiger partial charge < -0.3 is 4.57 Å². The van der Waals surface area contributed by atoms with E-state index in [4.69, 9.17) is 10.2 Å². The van der Waals surface area contributed by atoms with Gasteiger partial charge in [0.05, 0.1) is 22.4 Å². The van der Waals surface area contributed by atoms with Gasteiger partial charge in [0.1, 0.15) is 11.0 Å². The largest absolute Gasteiger partial charge is 0.309 e. The molecular formula is C46H28N4. The summed E-state index contributed by atoms with van der Waals surface area (Å²) in [5.74, 6) is 0. The molecule has 0 fully saturated rings. The smallest absolute Gasteiger partial charge is 0.114 e. The van der Waals surface area contributed by atoms with E-state index < -0.39 is 0 Å². The van der Waals surface area contributed by atoms with Crippen molar-refractivity contribution in [2.24, 2.45) is 0 Å². The van der Waals surface area contributed by atoms with Crippen LogP contribution < -0.4 is 0 Å². The average molecular weight is 637 g/mol. The van der Waals surface area contributed by atoms with Gasteiger partial charge in [0.25, 0.3) is 0 Å². The molecule has 0 radical (unpaired) electrons. The van der Waals surface area contributed by atoms with Crippen molar-refractivity contribution in [2.45, 2.75) is 0 Å². The highest BCUT2D eigenvalue weighted by Crippen LogP contribution is 2.50. The Morgan fingerprint density at radius 2 is 1.02 bits per heavy atom. The standard InChI is InChI=1S/C46H28N4/c1-3-12-29(13-4-1)33-19-10-22-40(43(33)31-24-26-38-39(28-31)48-50(47-38)32-15-5-2-6-16-32)49-41-23-11-21-37-35-18-8-7-17-34(35)36-20-9-14-30-25-27-42(49)46(44(30)36)45(37)41/h1-28H. The molecule has 0 bridgehead atoms. The molecular weight excluding hydrogens is 609 g/mol. The topological polar surface area (TPSA) is 35.6 Å². The summed E-state index contributed by atoms with van der Waals surface area (Å²) in [5, 5.41) is 14.9. The van der Waals surface area contributed by atoms with Crippen LogP contribution in [0.3, 0.4) is 0 Å². The molecule has 232 valence electrons. The molecule has 2 heterocycles. The van der Waals surface area contributed by atoms with E-state index in [2.05, 4.69) is 144 Å². The Morgan fingerprint density at radius 3 is 1.84 bits per heavy atom. The molecule has 50 heavy (non-hydrogen) atoms. The zero-order chi connectivity index (χ0) is 32.8. The molecule has 2 aromatic heterocycles. The third-order valence-electron chi connectivity index (χ3n) is 10.3. The molecule has 0 spiro atoms. The summed E-state index contributed by atoms with van der Waals surface area (Å²) in [6, 6.07) is 61.0. The number of hydrogen-bond acceptors (Lipinski definition) is 2. The fraction of sp³-hybridized carbons (Fsp3) is 0. The summed E-state index contributed by atoms with van der Waals surface area (Å²) in [6.07, 6.45) is 0. The highest BCUT2D eigenvalue weighted by Gasteiger charge is 2.26. The van der Waals surface area contributed by atoms with Gasteiger partial charge in [-0.1, -0.05) is 127 Å². The van der Waals surface area contributed by atoms with Gasteiger partial charge in [-0.25, -0.2) is 0 Å². The minimum Gasteiger partial charge on any atom is -0.309 e. The Bertz CT molecular complexity index is 2970. The van der Waals surface area contributed by atoms with E-state index in [0.29, 0.717) is 0 Å². The molecule has 4 nitrogen and oxygen atoms in total. The summed E-state index contributed by atoms with van der Waals surface area (Å²) >= 11 is 0. The Morgan fingerprint density at radius 1 is 0.380 bits per heavy atom. The van der Waals surface area contributed by atoms with Crippen molar-refractivity contribution in [1.82, 2.24) is 19.6 Å². The van der Waals surface area contributed by atoms with Gasteiger partial charge in [0, 0.05) is 16.3 Å². The highest BCUT2D eigenvalue weighted by molar-refractivity contribution is 6.30. The van der Waals surface area contributed by atoms with Crippen LogP contribution in [-0.4, -0.2) is 19.6 Å². The molecule has 0 atom stereocenters. The van der Waals surface area contributed by atoms with E-state index in [-0.39, 0.29) is 0 Å². The van der Waals surface area contributed by atoms with E-state index in [1.807, 2.05) is 30.3 Å². The predicted molar refractivity (Wildman–Crippen MR) is 206 cm³/mol. The highest BCUT2D eigenvalue weighted by atomic mass is 15.5. The van der Waals surface area contributed by atoms with Crippen molar-refractivity contribution in [1.29, 1.82) is 0 Å². The Balaban J connectivity index is 1.26. The van der Waals surface area contributed by atoms with Crippen molar-refractivity contribution in [3.63, 3.8) is 0 Å². The van der Waals surface area contributed by atoms with E-state index in [1.165, 1.54) is 66.0 Å². The summed E-state index contributed by atoms with van der Waals surface area (Å²) in [5.41, 5.74) is 15.9. The van der Waals surface area contributed by atoms with Crippen molar-refractivity contribution >= 4 is 43.6 Å². The molecule has 0 saturated carbocycles. The second kappa shape index (κ2) is 10.4. The third-order valence-corrected chi connectivity index (χ3v) is 10.3. The Kier molecular flexibility index (Phi) is 5.63. The van der Waals surface area contributed by atoms with Crippen LogP contribution in [0.25, 0.3) is 99.5 Å². The first-order valence-corrected chi connectivity index (χ1v) is 17.0. The van der Waals surface area contributed by atoms with Crippen molar-refractivity contribution in [2.75, 3.05) is 0 Å². The first-order valence-electron chi connectivity index (χ1n) is 17.0. The summed E-state index contributed by atoms with van der Waals surface area (Å²) in [4.78, 5) is 1.73. The normalized spacial score (nSPS) is 12.0. The van der Waals surface area contributed by atoms with Crippen LogP contribution in [0.4, 0.5) is 0 Å². The van der Waals surface area contributed by atoms with Crippen molar-refractivity contribution in [3.8, 4) is 55.9 Å². The number of aromatic nitrogens is 4. The summed E-state index contributed by atoms with van der Waals surface area (Å²) in [6.45, 7) is 0. The maximum absolute atomic E-state index is 4.95. The zero-order valence-corrected chi connectivity index (χ0v) is 27.0. The van der Waals surface area contributed by atoms with Gasteiger partial charge in [0.15, 0.2) is 0 Å². The van der Waals surface area contributed by atoms with E-state index in [9.17, 15) is 0 Å². The Hall–Kier alpha value is -6.78. The number of fused-ring (bicyclic) bond motifs is 4. The molecule has 10 aromatic rings. The molecule has 0 aliphatic heterocycles. The maximum Gasteiger partial charge on any atom is 0.114 e. The van der Waals surface area contributed by atoms with E-state index >= 15 is 0 Å². The van der Waals surface area contributed by atoms with Gasteiger partial charge >= 0.3 is 0 Å². The monoisotopic (exact) mass is 636 g/mol. The Labute approximate surface area is 288 Å². The lowest BCUT2D eigenvalue weighted by atomic mass is 9.92. The van der Waals surface area contributed by atoms with Crippen LogP contribution in [0.5, 0.6) is 0 Å². The van der Waals surface area contributed by atoms with Crippen molar-refractivity contribution < 1.29 is 0 Å². The number of benzene rings is 8. The average Bonchev–Trinajstić information content (AvgIpc) is 3.74. The summed E-state index contributed by atoms with van der Waals surface area (Å²) in [7, 11) is 0. The number of para-hydroxylation sites is 1. The molecule has 0 N–H and O–H groups in total. The first-order chi connectivity index (χ1) is 24.8. The lowest BCUT2D eigenvalue weighted by molar-refractivity contribution is 0.766. The number of nitrogens with zero attached hydrogens (tertiary/aromatic N) is 4. The minimum absolute atomic E-state index is 0.853. The van der Waals surface area contributed by atoms with E-state index in [0.717, 1.165) is 33.5 Å². The lowest BCUT2D eigenvalue weighted by Crippen LogP contribution is -2.00. The predicted octanol–water partition coefficient (Wildman–Crippen LogP) is 11.7. The zero-order valence-electron chi connectivity index (χ0n) is 27.0.